The van der Waals surface area contributed by atoms with Crippen LogP contribution in [-0.4, -0.2) is 32.3 Å². The maximum absolute atomic E-state index is 11.8. The summed E-state index contributed by atoms with van der Waals surface area (Å²) in [6.07, 6.45) is 1.75. The third-order valence-corrected chi connectivity index (χ3v) is 4.69. The molecule has 0 heterocycles. The number of ether oxygens (including phenoxy) is 2. The smallest absolute Gasteiger partial charge is 0.298 e. The van der Waals surface area contributed by atoms with Crippen LogP contribution in [-0.2, 0) is 16.5 Å². The molecular weight excluding hydrogens is 308 g/mol. The first-order valence-corrected chi connectivity index (χ1v) is 8.65. The van der Waals surface area contributed by atoms with Gasteiger partial charge in [0.1, 0.15) is 10.6 Å². The Hall–Kier alpha value is -1.47. The second-order valence-electron chi connectivity index (χ2n) is 5.17. The van der Waals surface area contributed by atoms with E-state index in [1.165, 1.54) is 14.2 Å². The fourth-order valence-electron chi connectivity index (χ4n) is 2.57. The van der Waals surface area contributed by atoms with Crippen LogP contribution in [0.25, 0.3) is 0 Å². The lowest BCUT2D eigenvalue weighted by Crippen LogP contribution is -2.11. The second-order valence-corrected chi connectivity index (χ2v) is 6.53. The SMILES string of the molecule is CCCc1c(OC)c(C(C)CC)c(O)c(OC)c1S(=O)(=O)O. The lowest BCUT2D eigenvalue weighted by molar-refractivity contribution is 0.340. The van der Waals surface area contributed by atoms with Crippen LogP contribution in [0, 0.1) is 0 Å². The van der Waals surface area contributed by atoms with Crippen molar-refractivity contribution in [1.82, 2.24) is 0 Å². The Morgan fingerprint density at radius 1 is 1.14 bits per heavy atom. The van der Waals surface area contributed by atoms with Crippen LogP contribution in [0.15, 0.2) is 4.90 Å². The van der Waals surface area contributed by atoms with Crippen LogP contribution < -0.4 is 9.47 Å². The van der Waals surface area contributed by atoms with Crippen molar-refractivity contribution in [2.75, 3.05) is 14.2 Å². The van der Waals surface area contributed by atoms with E-state index in [-0.39, 0.29) is 17.4 Å². The molecule has 126 valence electrons. The lowest BCUT2D eigenvalue weighted by Gasteiger charge is -2.23. The van der Waals surface area contributed by atoms with Gasteiger partial charge in [0.15, 0.2) is 11.5 Å². The van der Waals surface area contributed by atoms with Crippen LogP contribution in [0.4, 0.5) is 0 Å². The summed E-state index contributed by atoms with van der Waals surface area (Å²) in [6.45, 7) is 5.74. The summed E-state index contributed by atoms with van der Waals surface area (Å²) in [7, 11) is -1.89. The highest BCUT2D eigenvalue weighted by Crippen LogP contribution is 2.49. The monoisotopic (exact) mass is 332 g/mol. The van der Waals surface area contributed by atoms with Gasteiger partial charge in [0.25, 0.3) is 10.1 Å². The minimum absolute atomic E-state index is 0.0603. The Kier molecular flexibility index (Phi) is 6.08. The van der Waals surface area contributed by atoms with Gasteiger partial charge in [0.2, 0.25) is 0 Å². The molecule has 1 atom stereocenters. The van der Waals surface area contributed by atoms with Gasteiger partial charge < -0.3 is 14.6 Å². The zero-order valence-corrected chi connectivity index (χ0v) is 14.5. The largest absolute Gasteiger partial charge is 0.504 e. The summed E-state index contributed by atoms with van der Waals surface area (Å²) in [5.41, 5.74) is 0.829. The highest BCUT2D eigenvalue weighted by atomic mass is 32.2. The van der Waals surface area contributed by atoms with Crippen molar-refractivity contribution >= 4 is 10.1 Å². The molecule has 0 saturated heterocycles. The predicted octanol–water partition coefficient (Wildman–Crippen LogP) is 3.12. The van der Waals surface area contributed by atoms with Gasteiger partial charge in [0, 0.05) is 11.1 Å². The van der Waals surface area contributed by atoms with E-state index in [9.17, 15) is 18.1 Å². The van der Waals surface area contributed by atoms with Crippen molar-refractivity contribution in [3.05, 3.63) is 11.1 Å². The molecule has 1 aromatic rings. The Balaban J connectivity index is 3.98. The molecule has 0 bridgehead atoms. The third-order valence-electron chi connectivity index (χ3n) is 3.74. The van der Waals surface area contributed by atoms with Gasteiger partial charge in [-0.25, -0.2) is 0 Å². The quantitative estimate of drug-likeness (QED) is 0.745. The van der Waals surface area contributed by atoms with Crippen LogP contribution in [0.1, 0.15) is 50.7 Å². The average molecular weight is 332 g/mol. The van der Waals surface area contributed by atoms with E-state index in [1.807, 2.05) is 20.8 Å². The second kappa shape index (κ2) is 7.19. The van der Waals surface area contributed by atoms with E-state index in [1.54, 1.807) is 0 Å². The number of benzene rings is 1. The summed E-state index contributed by atoms with van der Waals surface area (Å²) < 4.78 is 43.6. The fraction of sp³-hybridized carbons (Fsp3) is 0.600. The minimum atomic E-state index is -4.57. The summed E-state index contributed by atoms with van der Waals surface area (Å²) in [6, 6.07) is 0. The van der Waals surface area contributed by atoms with Crippen LogP contribution >= 0.6 is 0 Å². The summed E-state index contributed by atoms with van der Waals surface area (Å²) in [5, 5.41) is 10.5. The first-order chi connectivity index (χ1) is 10.2. The molecule has 22 heavy (non-hydrogen) atoms. The molecule has 0 spiro atoms. The topological polar surface area (TPSA) is 93.1 Å². The molecule has 0 aromatic heterocycles. The molecule has 6 nitrogen and oxygen atoms in total. The summed E-state index contributed by atoms with van der Waals surface area (Å²) >= 11 is 0. The third kappa shape index (κ3) is 3.30. The fourth-order valence-corrected chi connectivity index (χ4v) is 3.49. The van der Waals surface area contributed by atoms with Crippen molar-refractivity contribution in [2.45, 2.75) is 50.8 Å². The van der Waals surface area contributed by atoms with E-state index >= 15 is 0 Å². The molecule has 0 amide bonds. The molecule has 0 radical (unpaired) electrons. The van der Waals surface area contributed by atoms with Crippen molar-refractivity contribution in [3.8, 4) is 17.2 Å². The number of hydrogen-bond acceptors (Lipinski definition) is 5. The number of aromatic hydroxyl groups is 1. The van der Waals surface area contributed by atoms with Gasteiger partial charge in [0.05, 0.1) is 14.2 Å². The lowest BCUT2D eigenvalue weighted by atomic mass is 9.92. The Morgan fingerprint density at radius 3 is 2.05 bits per heavy atom. The van der Waals surface area contributed by atoms with E-state index in [0.717, 1.165) is 6.42 Å². The number of rotatable bonds is 7. The average Bonchev–Trinajstić information content (AvgIpc) is 2.45. The zero-order chi connectivity index (χ0) is 17.1. The highest BCUT2D eigenvalue weighted by molar-refractivity contribution is 7.86. The highest BCUT2D eigenvalue weighted by Gasteiger charge is 2.32. The van der Waals surface area contributed by atoms with E-state index in [0.29, 0.717) is 29.7 Å². The summed E-state index contributed by atoms with van der Waals surface area (Å²) in [4.78, 5) is -0.418. The number of hydrogen-bond donors (Lipinski definition) is 2. The Bertz CT molecular complexity index is 636. The Labute approximate surface area is 131 Å². The van der Waals surface area contributed by atoms with Gasteiger partial charge in [-0.05, 0) is 18.8 Å². The number of methoxy groups -OCH3 is 2. The van der Waals surface area contributed by atoms with E-state index in [4.69, 9.17) is 9.47 Å². The van der Waals surface area contributed by atoms with Crippen molar-refractivity contribution in [3.63, 3.8) is 0 Å². The molecule has 0 aliphatic rings. The van der Waals surface area contributed by atoms with Gasteiger partial charge in [-0.3, -0.25) is 4.55 Å². The van der Waals surface area contributed by atoms with Gasteiger partial charge in [-0.1, -0.05) is 27.2 Å². The predicted molar refractivity (Wildman–Crippen MR) is 83.7 cm³/mol. The van der Waals surface area contributed by atoms with Crippen LogP contribution in [0.5, 0.6) is 17.2 Å². The molecule has 0 aliphatic carbocycles. The molecule has 1 rings (SSSR count). The van der Waals surface area contributed by atoms with Crippen molar-refractivity contribution < 1.29 is 27.6 Å². The molecule has 1 unspecified atom stereocenters. The molecule has 0 saturated carbocycles. The van der Waals surface area contributed by atoms with Gasteiger partial charge in [-0.15, -0.1) is 0 Å². The van der Waals surface area contributed by atoms with Crippen molar-refractivity contribution in [2.24, 2.45) is 0 Å². The molecule has 0 aliphatic heterocycles. The molecule has 0 fully saturated rings. The first kappa shape index (κ1) is 18.6. The maximum atomic E-state index is 11.8. The Morgan fingerprint density at radius 2 is 1.68 bits per heavy atom. The van der Waals surface area contributed by atoms with Crippen LogP contribution in [0.3, 0.4) is 0 Å². The van der Waals surface area contributed by atoms with E-state index < -0.39 is 15.0 Å². The van der Waals surface area contributed by atoms with E-state index in [2.05, 4.69) is 0 Å². The molecule has 7 heteroatoms. The minimum Gasteiger partial charge on any atom is -0.504 e. The van der Waals surface area contributed by atoms with Crippen molar-refractivity contribution in [1.29, 1.82) is 0 Å². The first-order valence-electron chi connectivity index (χ1n) is 7.21. The number of phenolic OH excluding ortho intramolecular Hbond substituents is 1. The normalized spacial score (nSPS) is 13.0. The molecule has 2 N–H and O–H groups in total. The summed E-state index contributed by atoms with van der Waals surface area (Å²) in [5.74, 6) is -0.305. The van der Waals surface area contributed by atoms with Crippen LogP contribution in [0.2, 0.25) is 0 Å². The zero-order valence-electron chi connectivity index (χ0n) is 13.6. The molecular formula is C15H24O6S. The standard InChI is InChI=1S/C15H24O6S/c1-6-8-10-13(20-4)11(9(3)7-2)12(16)14(21-5)15(10)22(17,18)19/h9,16H,6-8H2,1-5H3,(H,17,18,19). The maximum Gasteiger partial charge on any atom is 0.298 e. The van der Waals surface area contributed by atoms with Gasteiger partial charge in [-0.2, -0.15) is 8.42 Å². The van der Waals surface area contributed by atoms with Gasteiger partial charge >= 0.3 is 0 Å². The number of phenols is 1. The molecule has 1 aromatic carbocycles.